The Labute approximate surface area is 48.6 Å². The molecule has 0 saturated carbocycles. The highest BCUT2D eigenvalue weighted by molar-refractivity contribution is 7.91. The van der Waals surface area contributed by atoms with Crippen molar-refractivity contribution in [2.45, 2.75) is 6.92 Å². The van der Waals surface area contributed by atoms with Gasteiger partial charge in [-0.15, -0.1) is 0 Å². The van der Waals surface area contributed by atoms with Crippen molar-refractivity contribution in [1.29, 1.82) is 0 Å². The SMILES string of the molecule is CCS(=O)(=O)CCF. The fourth-order valence-corrected chi connectivity index (χ4v) is 0.786. The van der Waals surface area contributed by atoms with Gasteiger partial charge in [0.05, 0.1) is 5.75 Å². The minimum atomic E-state index is -3.04. The normalized spacial score (nSPS) is 11.8. The van der Waals surface area contributed by atoms with Gasteiger partial charge in [0.15, 0.2) is 9.84 Å². The Kier molecular flexibility index (Phi) is 2.97. The summed E-state index contributed by atoms with van der Waals surface area (Å²) in [6.45, 7) is 0.737. The zero-order valence-corrected chi connectivity index (χ0v) is 5.54. The van der Waals surface area contributed by atoms with Crippen molar-refractivity contribution in [3.05, 3.63) is 0 Å². The number of alkyl halides is 1. The quantitative estimate of drug-likeness (QED) is 0.568. The van der Waals surface area contributed by atoms with E-state index in [2.05, 4.69) is 0 Å². The Morgan fingerprint density at radius 3 is 2.12 bits per heavy atom. The summed E-state index contributed by atoms with van der Waals surface area (Å²) in [6.07, 6.45) is 0. The molecule has 0 fully saturated rings. The van der Waals surface area contributed by atoms with Crippen molar-refractivity contribution in [3.8, 4) is 0 Å². The van der Waals surface area contributed by atoms with Gasteiger partial charge in [-0.3, -0.25) is 0 Å². The molecule has 2 nitrogen and oxygen atoms in total. The van der Waals surface area contributed by atoms with Crippen LogP contribution in [0.25, 0.3) is 0 Å². The van der Waals surface area contributed by atoms with Crippen molar-refractivity contribution in [2.75, 3.05) is 18.2 Å². The Hall–Kier alpha value is -0.120. The molecule has 0 atom stereocenters. The van der Waals surface area contributed by atoms with Crippen LogP contribution in [0.4, 0.5) is 4.39 Å². The van der Waals surface area contributed by atoms with Crippen LogP contribution in [0.1, 0.15) is 6.92 Å². The lowest BCUT2D eigenvalue weighted by Gasteiger charge is -1.91. The van der Waals surface area contributed by atoms with Gasteiger partial charge in [-0.25, -0.2) is 12.8 Å². The second-order valence-electron chi connectivity index (χ2n) is 1.43. The van der Waals surface area contributed by atoms with E-state index in [4.69, 9.17) is 0 Å². The third-order valence-electron chi connectivity index (χ3n) is 0.828. The summed E-state index contributed by atoms with van der Waals surface area (Å²) in [6, 6.07) is 0. The number of hydrogen-bond donors (Lipinski definition) is 0. The third-order valence-corrected chi connectivity index (χ3v) is 2.48. The van der Waals surface area contributed by atoms with E-state index in [1.54, 1.807) is 0 Å². The molecule has 50 valence electrons. The molecular weight excluding hydrogens is 131 g/mol. The predicted molar refractivity (Wildman–Crippen MR) is 30.3 cm³/mol. The van der Waals surface area contributed by atoms with Crippen LogP contribution < -0.4 is 0 Å². The van der Waals surface area contributed by atoms with Crippen molar-refractivity contribution in [1.82, 2.24) is 0 Å². The molecule has 0 bridgehead atoms. The summed E-state index contributed by atoms with van der Waals surface area (Å²) in [5.74, 6) is -0.291. The Morgan fingerprint density at radius 2 is 2.00 bits per heavy atom. The van der Waals surface area contributed by atoms with Gasteiger partial charge in [0, 0.05) is 5.75 Å². The standard InChI is InChI=1S/C4H9FO2S/c1-2-8(6,7)4-3-5/h2-4H2,1H3. The van der Waals surface area contributed by atoms with Gasteiger partial charge in [-0.1, -0.05) is 6.92 Å². The highest BCUT2D eigenvalue weighted by Gasteiger charge is 2.04. The van der Waals surface area contributed by atoms with Gasteiger partial charge in [-0.05, 0) is 0 Å². The Morgan fingerprint density at radius 1 is 1.50 bits per heavy atom. The molecule has 0 aliphatic rings. The summed E-state index contributed by atoms with van der Waals surface area (Å²) in [7, 11) is -3.04. The van der Waals surface area contributed by atoms with Crippen molar-refractivity contribution in [3.63, 3.8) is 0 Å². The molecule has 0 rings (SSSR count). The van der Waals surface area contributed by atoms with Gasteiger partial charge in [0.1, 0.15) is 6.67 Å². The molecule has 0 N–H and O–H groups in total. The minimum absolute atomic E-state index is 0.0386. The van der Waals surface area contributed by atoms with Crippen LogP contribution in [0.2, 0.25) is 0 Å². The van der Waals surface area contributed by atoms with Crippen molar-refractivity contribution in [2.24, 2.45) is 0 Å². The average molecular weight is 140 g/mol. The maximum atomic E-state index is 11.3. The van der Waals surface area contributed by atoms with E-state index < -0.39 is 16.5 Å². The van der Waals surface area contributed by atoms with Crippen LogP contribution in [0.15, 0.2) is 0 Å². The van der Waals surface area contributed by atoms with Gasteiger partial charge >= 0.3 is 0 Å². The van der Waals surface area contributed by atoms with E-state index in [9.17, 15) is 12.8 Å². The summed E-state index contributed by atoms with van der Waals surface area (Å²) < 4.78 is 32.0. The molecular formula is C4H9FO2S. The van der Waals surface area contributed by atoms with E-state index >= 15 is 0 Å². The first-order chi connectivity index (χ1) is 3.62. The molecule has 4 heteroatoms. The maximum Gasteiger partial charge on any atom is 0.152 e. The van der Waals surface area contributed by atoms with E-state index in [-0.39, 0.29) is 11.5 Å². The van der Waals surface area contributed by atoms with E-state index in [1.807, 2.05) is 0 Å². The first-order valence-electron chi connectivity index (χ1n) is 2.39. The molecule has 0 saturated heterocycles. The topological polar surface area (TPSA) is 34.1 Å². The van der Waals surface area contributed by atoms with Crippen molar-refractivity contribution < 1.29 is 12.8 Å². The third kappa shape index (κ3) is 2.96. The molecule has 0 aliphatic heterocycles. The van der Waals surface area contributed by atoms with E-state index in [1.165, 1.54) is 6.92 Å². The lowest BCUT2D eigenvalue weighted by Crippen LogP contribution is -2.09. The van der Waals surface area contributed by atoms with Gasteiger partial charge < -0.3 is 0 Å². The first kappa shape index (κ1) is 7.88. The second-order valence-corrected chi connectivity index (χ2v) is 3.90. The maximum absolute atomic E-state index is 11.3. The van der Waals surface area contributed by atoms with Crippen LogP contribution in [0.5, 0.6) is 0 Å². The van der Waals surface area contributed by atoms with Crippen LogP contribution in [0.3, 0.4) is 0 Å². The molecule has 8 heavy (non-hydrogen) atoms. The molecule has 0 unspecified atom stereocenters. The van der Waals surface area contributed by atoms with Gasteiger partial charge in [-0.2, -0.15) is 0 Å². The fraction of sp³-hybridized carbons (Fsp3) is 1.00. The molecule has 0 heterocycles. The zero-order valence-electron chi connectivity index (χ0n) is 4.72. The fourth-order valence-electron chi connectivity index (χ4n) is 0.262. The summed E-state index contributed by atoms with van der Waals surface area (Å²) in [5, 5.41) is 0. The number of hydrogen-bond acceptors (Lipinski definition) is 2. The van der Waals surface area contributed by atoms with Gasteiger partial charge in [0.25, 0.3) is 0 Å². The first-order valence-corrected chi connectivity index (χ1v) is 4.21. The highest BCUT2D eigenvalue weighted by Crippen LogP contribution is 1.87. The average Bonchev–Trinajstić information content (AvgIpc) is 1.67. The van der Waals surface area contributed by atoms with Crippen molar-refractivity contribution >= 4 is 9.84 Å². The monoisotopic (exact) mass is 140 g/mol. The predicted octanol–water partition coefficient (Wildman–Crippen LogP) is 0.391. The molecule has 0 radical (unpaired) electrons. The van der Waals surface area contributed by atoms with Crippen LogP contribution in [0, 0.1) is 0 Å². The smallest absolute Gasteiger partial charge is 0.152 e. The van der Waals surface area contributed by atoms with Crippen LogP contribution >= 0.6 is 0 Å². The van der Waals surface area contributed by atoms with Crippen LogP contribution in [-0.2, 0) is 9.84 Å². The molecule has 0 aromatic heterocycles. The lowest BCUT2D eigenvalue weighted by atomic mass is 10.9. The largest absolute Gasteiger partial charge is 0.250 e. The number of halogens is 1. The molecule has 0 amide bonds. The van der Waals surface area contributed by atoms with E-state index in [0.29, 0.717) is 0 Å². The highest BCUT2D eigenvalue weighted by atomic mass is 32.2. The summed E-state index contributed by atoms with van der Waals surface area (Å²) >= 11 is 0. The van der Waals surface area contributed by atoms with Crippen LogP contribution in [-0.4, -0.2) is 26.6 Å². The van der Waals surface area contributed by atoms with E-state index in [0.717, 1.165) is 0 Å². The Balaban J connectivity index is 3.76. The van der Waals surface area contributed by atoms with Gasteiger partial charge in [0.2, 0.25) is 0 Å². The number of sulfone groups is 1. The summed E-state index contributed by atoms with van der Waals surface area (Å²) in [4.78, 5) is 0. The summed E-state index contributed by atoms with van der Waals surface area (Å²) in [5.41, 5.74) is 0. The Bertz CT molecular complexity index is 138. The zero-order chi connectivity index (χ0) is 6.62. The molecule has 0 aliphatic carbocycles. The molecule has 0 spiro atoms. The molecule has 0 aromatic carbocycles. The molecule has 0 aromatic rings. The number of rotatable bonds is 3. The lowest BCUT2D eigenvalue weighted by molar-refractivity contribution is 0.517. The second kappa shape index (κ2) is 3.02. The minimum Gasteiger partial charge on any atom is -0.250 e.